The molecule has 0 aliphatic carbocycles. The lowest BCUT2D eigenvalue weighted by molar-refractivity contribution is -0.147. The van der Waals surface area contributed by atoms with E-state index in [9.17, 15) is 9.59 Å². The molecule has 29 heavy (non-hydrogen) atoms. The molecule has 2 heterocycles. The topological polar surface area (TPSA) is 68.4 Å². The zero-order chi connectivity index (χ0) is 20.1. The van der Waals surface area contributed by atoms with Crippen LogP contribution >= 0.6 is 0 Å². The van der Waals surface area contributed by atoms with Crippen LogP contribution in [0.25, 0.3) is 10.9 Å². The number of hydrogen-bond donors (Lipinski definition) is 2. The highest BCUT2D eigenvalue weighted by Gasteiger charge is 2.25. The number of aromatic nitrogens is 1. The predicted octanol–water partition coefficient (Wildman–Crippen LogP) is 2.17. The molecule has 0 spiro atoms. The highest BCUT2D eigenvalue weighted by atomic mass is 16.2. The third-order valence-electron chi connectivity index (χ3n) is 5.46. The van der Waals surface area contributed by atoms with Crippen LogP contribution in [0.15, 0.2) is 60.8 Å². The molecule has 1 saturated heterocycles. The van der Waals surface area contributed by atoms with Crippen molar-refractivity contribution in [3.8, 4) is 0 Å². The molecule has 1 aromatic heterocycles. The molecule has 0 saturated carbocycles. The molecule has 3 aromatic rings. The molecule has 2 amide bonds. The fourth-order valence-corrected chi connectivity index (χ4v) is 3.82. The van der Waals surface area contributed by atoms with E-state index in [1.807, 2.05) is 42.6 Å². The zero-order valence-corrected chi connectivity index (χ0v) is 16.4. The van der Waals surface area contributed by atoms with E-state index in [0.29, 0.717) is 26.1 Å². The van der Waals surface area contributed by atoms with Crippen LogP contribution in [-0.4, -0.2) is 59.3 Å². The van der Waals surface area contributed by atoms with Gasteiger partial charge in [0.2, 0.25) is 0 Å². The van der Waals surface area contributed by atoms with Crippen molar-refractivity contribution in [1.29, 1.82) is 0 Å². The average Bonchev–Trinajstić information content (AvgIpc) is 3.18. The van der Waals surface area contributed by atoms with Crippen molar-refractivity contribution in [1.82, 2.24) is 20.1 Å². The largest absolute Gasteiger partial charge is 0.361 e. The van der Waals surface area contributed by atoms with Gasteiger partial charge in [-0.3, -0.25) is 14.5 Å². The fraction of sp³-hybridized carbons (Fsp3) is 0.304. The molecule has 2 N–H and O–H groups in total. The molecule has 1 fully saturated rings. The molecule has 2 aromatic carbocycles. The molecule has 6 nitrogen and oxygen atoms in total. The van der Waals surface area contributed by atoms with Gasteiger partial charge in [-0.25, -0.2) is 0 Å². The second-order valence-electron chi connectivity index (χ2n) is 7.42. The number of nitrogens with zero attached hydrogens (tertiary/aromatic N) is 2. The van der Waals surface area contributed by atoms with Crippen LogP contribution < -0.4 is 5.32 Å². The first-order valence-corrected chi connectivity index (χ1v) is 10.1. The predicted molar refractivity (Wildman–Crippen MR) is 113 cm³/mol. The molecule has 6 heteroatoms. The Morgan fingerprint density at radius 2 is 1.66 bits per heavy atom. The number of piperazine rings is 1. The minimum Gasteiger partial charge on any atom is -0.361 e. The van der Waals surface area contributed by atoms with Crippen molar-refractivity contribution in [3.63, 3.8) is 0 Å². The van der Waals surface area contributed by atoms with Crippen LogP contribution in [0.5, 0.6) is 0 Å². The van der Waals surface area contributed by atoms with E-state index in [2.05, 4.69) is 33.4 Å². The summed E-state index contributed by atoms with van der Waals surface area (Å²) in [6.07, 6.45) is 2.65. The Bertz CT molecular complexity index is 975. The monoisotopic (exact) mass is 390 g/mol. The Balaban J connectivity index is 1.22. The van der Waals surface area contributed by atoms with Crippen molar-refractivity contribution in [2.45, 2.75) is 13.0 Å². The normalized spacial score (nSPS) is 14.8. The summed E-state index contributed by atoms with van der Waals surface area (Å²) in [7, 11) is 0. The maximum Gasteiger partial charge on any atom is 0.311 e. The summed E-state index contributed by atoms with van der Waals surface area (Å²) in [5.74, 6) is -0.940. The van der Waals surface area contributed by atoms with Gasteiger partial charge in [0.25, 0.3) is 0 Å². The molecule has 1 aliphatic heterocycles. The lowest BCUT2D eigenvalue weighted by Gasteiger charge is -2.34. The Morgan fingerprint density at radius 1 is 0.931 bits per heavy atom. The third-order valence-corrected chi connectivity index (χ3v) is 5.46. The second kappa shape index (κ2) is 8.92. The van der Waals surface area contributed by atoms with Gasteiger partial charge >= 0.3 is 11.8 Å². The van der Waals surface area contributed by atoms with Crippen molar-refractivity contribution < 1.29 is 9.59 Å². The highest BCUT2D eigenvalue weighted by Crippen LogP contribution is 2.17. The standard InChI is InChI=1S/C23H26N4O2/c28-22(24-11-10-19-16-25-21-9-5-4-8-20(19)21)23(29)27-14-12-26(13-15-27)17-18-6-2-1-3-7-18/h1-9,16,25H,10-15,17H2,(H,24,28). The zero-order valence-electron chi connectivity index (χ0n) is 16.4. The number of carbonyl (C=O) groups is 2. The van der Waals surface area contributed by atoms with Gasteiger partial charge in [0.05, 0.1) is 0 Å². The van der Waals surface area contributed by atoms with Crippen LogP contribution in [0.3, 0.4) is 0 Å². The number of rotatable bonds is 5. The van der Waals surface area contributed by atoms with E-state index >= 15 is 0 Å². The van der Waals surface area contributed by atoms with Crippen LogP contribution in [-0.2, 0) is 22.6 Å². The van der Waals surface area contributed by atoms with Gasteiger partial charge in [-0.05, 0) is 23.6 Å². The van der Waals surface area contributed by atoms with E-state index in [0.717, 1.165) is 36.1 Å². The van der Waals surface area contributed by atoms with Crippen molar-refractivity contribution in [3.05, 3.63) is 71.9 Å². The summed E-state index contributed by atoms with van der Waals surface area (Å²) < 4.78 is 0. The van der Waals surface area contributed by atoms with Crippen molar-refractivity contribution in [2.24, 2.45) is 0 Å². The quantitative estimate of drug-likeness (QED) is 0.656. The van der Waals surface area contributed by atoms with E-state index in [1.165, 1.54) is 5.56 Å². The van der Waals surface area contributed by atoms with Gasteiger partial charge in [0.15, 0.2) is 0 Å². The number of nitrogens with one attached hydrogen (secondary N) is 2. The molecular formula is C23H26N4O2. The first kappa shape index (κ1) is 19.2. The summed E-state index contributed by atoms with van der Waals surface area (Å²) in [4.78, 5) is 31.9. The first-order chi connectivity index (χ1) is 14.2. The molecule has 1 aliphatic rings. The number of H-pyrrole nitrogens is 1. The van der Waals surface area contributed by atoms with Gasteiger partial charge < -0.3 is 15.2 Å². The summed E-state index contributed by atoms with van der Waals surface area (Å²) in [6.45, 7) is 4.05. The van der Waals surface area contributed by atoms with Crippen LogP contribution in [0.1, 0.15) is 11.1 Å². The average molecular weight is 390 g/mol. The first-order valence-electron chi connectivity index (χ1n) is 10.1. The van der Waals surface area contributed by atoms with E-state index in [1.54, 1.807) is 4.90 Å². The Labute approximate surface area is 170 Å². The molecular weight excluding hydrogens is 364 g/mol. The molecule has 4 rings (SSSR count). The number of fused-ring (bicyclic) bond motifs is 1. The van der Waals surface area contributed by atoms with Crippen LogP contribution in [0, 0.1) is 0 Å². The molecule has 0 unspecified atom stereocenters. The number of hydrogen-bond acceptors (Lipinski definition) is 3. The maximum absolute atomic E-state index is 12.5. The molecule has 150 valence electrons. The minimum atomic E-state index is -0.513. The third kappa shape index (κ3) is 4.66. The van der Waals surface area contributed by atoms with Crippen molar-refractivity contribution >= 4 is 22.7 Å². The minimum absolute atomic E-state index is 0.428. The van der Waals surface area contributed by atoms with E-state index in [4.69, 9.17) is 0 Å². The fourth-order valence-electron chi connectivity index (χ4n) is 3.82. The summed E-state index contributed by atoms with van der Waals surface area (Å²) >= 11 is 0. The number of amides is 2. The summed E-state index contributed by atoms with van der Waals surface area (Å²) in [6, 6.07) is 18.4. The SMILES string of the molecule is O=C(NCCc1c[nH]c2ccccc12)C(=O)N1CCN(Cc2ccccc2)CC1. The van der Waals surface area contributed by atoms with E-state index in [-0.39, 0.29) is 0 Å². The Hall–Kier alpha value is -3.12. The number of benzene rings is 2. The van der Waals surface area contributed by atoms with Gasteiger partial charge in [0, 0.05) is 56.4 Å². The summed E-state index contributed by atoms with van der Waals surface area (Å²) in [5, 5.41) is 3.93. The highest BCUT2D eigenvalue weighted by molar-refractivity contribution is 6.35. The lowest BCUT2D eigenvalue weighted by Crippen LogP contribution is -2.52. The summed E-state index contributed by atoms with van der Waals surface area (Å²) in [5.41, 5.74) is 3.49. The number of carbonyl (C=O) groups excluding carboxylic acids is 2. The lowest BCUT2D eigenvalue weighted by atomic mass is 10.1. The molecule has 0 bridgehead atoms. The van der Waals surface area contributed by atoms with Crippen molar-refractivity contribution in [2.75, 3.05) is 32.7 Å². The van der Waals surface area contributed by atoms with Crippen LogP contribution in [0.2, 0.25) is 0 Å². The Kier molecular flexibility index (Phi) is 5.91. The van der Waals surface area contributed by atoms with Crippen LogP contribution in [0.4, 0.5) is 0 Å². The smallest absolute Gasteiger partial charge is 0.311 e. The molecule has 0 radical (unpaired) electrons. The van der Waals surface area contributed by atoms with Gasteiger partial charge in [-0.1, -0.05) is 48.5 Å². The Morgan fingerprint density at radius 3 is 2.45 bits per heavy atom. The van der Waals surface area contributed by atoms with E-state index < -0.39 is 11.8 Å². The van der Waals surface area contributed by atoms with Gasteiger partial charge in [0.1, 0.15) is 0 Å². The second-order valence-corrected chi connectivity index (χ2v) is 7.42. The maximum atomic E-state index is 12.5. The molecule has 0 atom stereocenters. The number of aromatic amines is 1. The number of para-hydroxylation sites is 1. The van der Waals surface area contributed by atoms with Gasteiger partial charge in [-0.2, -0.15) is 0 Å². The van der Waals surface area contributed by atoms with Gasteiger partial charge in [-0.15, -0.1) is 0 Å².